The molecule has 6 heteroatoms. The molecular formula is C18H26N4O2. The number of hydrogen-bond donors (Lipinski definition) is 2. The van der Waals surface area contributed by atoms with Crippen LogP contribution in [0.3, 0.4) is 0 Å². The van der Waals surface area contributed by atoms with Gasteiger partial charge in [0.2, 0.25) is 5.82 Å². The van der Waals surface area contributed by atoms with Gasteiger partial charge in [0, 0.05) is 18.8 Å². The second-order valence-electron chi connectivity index (χ2n) is 6.46. The highest BCUT2D eigenvalue weighted by atomic mass is 16.2. The monoisotopic (exact) mass is 330 g/mol. The molecule has 2 rings (SSSR count). The lowest BCUT2D eigenvalue weighted by atomic mass is 10.1. The molecule has 2 heterocycles. The van der Waals surface area contributed by atoms with Crippen molar-refractivity contribution >= 4 is 17.3 Å². The lowest BCUT2D eigenvalue weighted by Crippen LogP contribution is -2.32. The Balaban J connectivity index is 2.28. The van der Waals surface area contributed by atoms with Crippen molar-refractivity contribution in [3.05, 3.63) is 35.9 Å². The molecule has 24 heavy (non-hydrogen) atoms. The van der Waals surface area contributed by atoms with E-state index in [9.17, 15) is 9.59 Å². The van der Waals surface area contributed by atoms with Gasteiger partial charge in [-0.2, -0.15) is 0 Å². The van der Waals surface area contributed by atoms with Crippen LogP contribution in [0.1, 0.15) is 61.6 Å². The fourth-order valence-corrected chi connectivity index (χ4v) is 2.31. The van der Waals surface area contributed by atoms with Crippen LogP contribution in [0, 0.1) is 5.92 Å². The van der Waals surface area contributed by atoms with Gasteiger partial charge in [-0.05, 0) is 37.8 Å². The number of aromatic nitrogens is 2. The SMILES string of the molecule is CCC(C)NC(=O)c1nc(C(=O)NCCC(C)C)n2ccccc12. The van der Waals surface area contributed by atoms with Crippen LogP contribution in [0.4, 0.5) is 0 Å². The van der Waals surface area contributed by atoms with Crippen molar-refractivity contribution in [3.63, 3.8) is 0 Å². The lowest BCUT2D eigenvalue weighted by molar-refractivity contribution is 0.0936. The number of fused-ring (bicyclic) bond motifs is 1. The molecule has 0 aromatic carbocycles. The van der Waals surface area contributed by atoms with Crippen molar-refractivity contribution in [2.24, 2.45) is 5.92 Å². The van der Waals surface area contributed by atoms with Gasteiger partial charge in [-0.25, -0.2) is 4.98 Å². The third kappa shape index (κ3) is 4.13. The second-order valence-corrected chi connectivity index (χ2v) is 6.46. The summed E-state index contributed by atoms with van der Waals surface area (Å²) in [5, 5.41) is 5.77. The van der Waals surface area contributed by atoms with Crippen molar-refractivity contribution in [1.29, 1.82) is 0 Å². The smallest absolute Gasteiger partial charge is 0.287 e. The van der Waals surface area contributed by atoms with E-state index in [1.165, 1.54) is 0 Å². The summed E-state index contributed by atoms with van der Waals surface area (Å²) in [5.41, 5.74) is 0.914. The van der Waals surface area contributed by atoms with Gasteiger partial charge in [0.15, 0.2) is 5.69 Å². The molecule has 0 aliphatic rings. The average Bonchev–Trinajstić information content (AvgIpc) is 2.94. The Morgan fingerprint density at radius 1 is 1.21 bits per heavy atom. The van der Waals surface area contributed by atoms with E-state index in [1.807, 2.05) is 26.0 Å². The number of amides is 2. The number of pyridine rings is 1. The summed E-state index contributed by atoms with van der Waals surface area (Å²) >= 11 is 0. The van der Waals surface area contributed by atoms with Crippen LogP contribution in [0.25, 0.3) is 5.52 Å². The number of nitrogens with one attached hydrogen (secondary N) is 2. The van der Waals surface area contributed by atoms with Gasteiger partial charge >= 0.3 is 0 Å². The molecule has 1 unspecified atom stereocenters. The van der Waals surface area contributed by atoms with E-state index in [-0.39, 0.29) is 29.4 Å². The maximum absolute atomic E-state index is 12.4. The van der Waals surface area contributed by atoms with E-state index in [1.54, 1.807) is 16.7 Å². The molecule has 0 aliphatic carbocycles. The number of imidazole rings is 1. The average molecular weight is 330 g/mol. The first-order chi connectivity index (χ1) is 11.4. The minimum absolute atomic E-state index is 0.0567. The van der Waals surface area contributed by atoms with Crippen LogP contribution < -0.4 is 10.6 Å². The zero-order valence-electron chi connectivity index (χ0n) is 14.8. The van der Waals surface area contributed by atoms with Crippen molar-refractivity contribution in [3.8, 4) is 0 Å². The summed E-state index contributed by atoms with van der Waals surface area (Å²) in [5.74, 6) is 0.233. The zero-order valence-corrected chi connectivity index (χ0v) is 14.8. The quantitative estimate of drug-likeness (QED) is 0.819. The van der Waals surface area contributed by atoms with E-state index in [4.69, 9.17) is 0 Å². The predicted octanol–water partition coefficient (Wildman–Crippen LogP) is 2.64. The number of carbonyl (C=O) groups is 2. The standard InChI is InChI=1S/C18H26N4O2/c1-5-13(4)20-17(23)15-14-8-6-7-11-22(14)16(21-15)18(24)19-10-9-12(2)3/h6-8,11-13H,5,9-10H2,1-4H3,(H,19,24)(H,20,23). The van der Waals surface area contributed by atoms with Crippen LogP contribution in [0.5, 0.6) is 0 Å². The molecule has 0 spiro atoms. The Labute approximate surface area is 142 Å². The van der Waals surface area contributed by atoms with Gasteiger partial charge in [-0.15, -0.1) is 0 Å². The Morgan fingerprint density at radius 2 is 1.96 bits per heavy atom. The highest BCUT2D eigenvalue weighted by molar-refractivity contribution is 6.02. The topological polar surface area (TPSA) is 75.5 Å². The molecule has 1 atom stereocenters. The number of rotatable bonds is 7. The van der Waals surface area contributed by atoms with Crippen molar-refractivity contribution < 1.29 is 9.59 Å². The van der Waals surface area contributed by atoms with Crippen molar-refractivity contribution in [2.45, 2.75) is 46.6 Å². The number of hydrogen-bond acceptors (Lipinski definition) is 3. The number of nitrogens with zero attached hydrogens (tertiary/aromatic N) is 2. The van der Waals surface area contributed by atoms with Crippen LogP contribution in [0.2, 0.25) is 0 Å². The first kappa shape index (κ1) is 18.0. The fraction of sp³-hybridized carbons (Fsp3) is 0.500. The minimum Gasteiger partial charge on any atom is -0.349 e. The van der Waals surface area contributed by atoms with Gasteiger partial charge in [0.1, 0.15) is 0 Å². The molecule has 6 nitrogen and oxygen atoms in total. The van der Waals surface area contributed by atoms with Gasteiger partial charge in [-0.1, -0.05) is 26.8 Å². The molecule has 0 aliphatic heterocycles. The van der Waals surface area contributed by atoms with Gasteiger partial charge in [-0.3, -0.25) is 14.0 Å². The highest BCUT2D eigenvalue weighted by Crippen LogP contribution is 2.14. The summed E-state index contributed by atoms with van der Waals surface area (Å²) in [7, 11) is 0. The summed E-state index contributed by atoms with van der Waals surface area (Å²) in [6, 6.07) is 5.50. The molecule has 0 radical (unpaired) electrons. The first-order valence-corrected chi connectivity index (χ1v) is 8.50. The molecule has 2 amide bonds. The minimum atomic E-state index is -0.264. The molecule has 0 bridgehead atoms. The predicted molar refractivity (Wildman–Crippen MR) is 94.2 cm³/mol. The van der Waals surface area contributed by atoms with Gasteiger partial charge in [0.25, 0.3) is 11.8 Å². The molecule has 130 valence electrons. The van der Waals surface area contributed by atoms with Crippen LogP contribution in [-0.4, -0.2) is 33.8 Å². The molecular weight excluding hydrogens is 304 g/mol. The Bertz CT molecular complexity index is 721. The Hall–Kier alpha value is -2.37. The maximum Gasteiger partial charge on any atom is 0.287 e. The van der Waals surface area contributed by atoms with Crippen molar-refractivity contribution in [2.75, 3.05) is 6.54 Å². The summed E-state index contributed by atoms with van der Waals surface area (Å²) in [6.07, 6.45) is 3.48. The van der Waals surface area contributed by atoms with E-state index >= 15 is 0 Å². The van der Waals surface area contributed by atoms with E-state index in [0.717, 1.165) is 12.8 Å². The zero-order chi connectivity index (χ0) is 17.7. The number of carbonyl (C=O) groups excluding carboxylic acids is 2. The van der Waals surface area contributed by atoms with E-state index in [2.05, 4.69) is 29.5 Å². The molecule has 2 aromatic rings. The van der Waals surface area contributed by atoms with E-state index in [0.29, 0.717) is 18.0 Å². The first-order valence-electron chi connectivity index (χ1n) is 8.50. The largest absolute Gasteiger partial charge is 0.349 e. The molecule has 0 saturated heterocycles. The normalized spacial score (nSPS) is 12.4. The second kappa shape index (κ2) is 7.95. The molecule has 2 N–H and O–H groups in total. The lowest BCUT2D eigenvalue weighted by Gasteiger charge is -2.09. The summed E-state index contributed by atoms with van der Waals surface area (Å²) in [6.45, 7) is 8.75. The van der Waals surface area contributed by atoms with Gasteiger partial charge in [0.05, 0.1) is 5.52 Å². The third-order valence-corrected chi connectivity index (χ3v) is 3.96. The maximum atomic E-state index is 12.4. The highest BCUT2D eigenvalue weighted by Gasteiger charge is 2.21. The summed E-state index contributed by atoms with van der Waals surface area (Å²) in [4.78, 5) is 29.2. The van der Waals surface area contributed by atoms with Crippen LogP contribution in [0.15, 0.2) is 24.4 Å². The Kier molecular flexibility index (Phi) is 5.95. The Morgan fingerprint density at radius 3 is 2.62 bits per heavy atom. The molecule has 0 saturated carbocycles. The molecule has 0 fully saturated rings. The third-order valence-electron chi connectivity index (χ3n) is 3.96. The van der Waals surface area contributed by atoms with Crippen molar-refractivity contribution in [1.82, 2.24) is 20.0 Å². The van der Waals surface area contributed by atoms with Crippen LogP contribution >= 0.6 is 0 Å². The molecule has 2 aromatic heterocycles. The van der Waals surface area contributed by atoms with E-state index < -0.39 is 0 Å². The van der Waals surface area contributed by atoms with Crippen LogP contribution in [-0.2, 0) is 0 Å². The summed E-state index contributed by atoms with van der Waals surface area (Å²) < 4.78 is 1.66. The fourth-order valence-electron chi connectivity index (χ4n) is 2.31. The van der Waals surface area contributed by atoms with Gasteiger partial charge < -0.3 is 10.6 Å².